The number of unbranched alkanes of at least 4 members (excludes halogenated alkanes) is 1. The summed E-state index contributed by atoms with van der Waals surface area (Å²) < 4.78 is 0. The molecule has 1 aromatic carbocycles. The first-order chi connectivity index (χ1) is 6.84. The second-order valence-corrected chi connectivity index (χ2v) is 3.48. The molecule has 0 aromatic heterocycles. The van der Waals surface area contributed by atoms with Gasteiger partial charge in [0.25, 0.3) is 0 Å². The van der Waals surface area contributed by atoms with Gasteiger partial charge in [-0.2, -0.15) is 0 Å². The molecule has 0 fully saturated rings. The summed E-state index contributed by atoms with van der Waals surface area (Å²) in [5, 5.41) is 4.11. The largest absolute Gasteiger partial charge is 0.313 e. The lowest BCUT2D eigenvalue weighted by atomic mass is 10.2. The maximum atomic E-state index is 5.99. The van der Waals surface area contributed by atoms with Gasteiger partial charge < -0.3 is 5.32 Å². The molecule has 14 heavy (non-hydrogen) atoms. The average molecular weight is 208 g/mol. The Hall–Kier alpha value is -0.970. The normalized spacial score (nSPS) is 9.71. The zero-order valence-corrected chi connectivity index (χ0v) is 8.85. The van der Waals surface area contributed by atoms with Crippen molar-refractivity contribution in [2.75, 3.05) is 6.54 Å². The SMILES string of the molecule is C#CCCCNCc1ccccc1Cl. The molecule has 0 unspecified atom stereocenters. The van der Waals surface area contributed by atoms with Crippen molar-refractivity contribution in [3.05, 3.63) is 34.9 Å². The van der Waals surface area contributed by atoms with Gasteiger partial charge in [0.1, 0.15) is 0 Å². The van der Waals surface area contributed by atoms with Crippen LogP contribution >= 0.6 is 11.6 Å². The minimum atomic E-state index is 0.810. The molecule has 0 amide bonds. The third-order valence-corrected chi connectivity index (χ3v) is 2.32. The van der Waals surface area contributed by atoms with Gasteiger partial charge in [-0.05, 0) is 24.6 Å². The molecule has 2 heteroatoms. The number of hydrogen-bond donors (Lipinski definition) is 1. The molecular formula is C12H14ClN. The van der Waals surface area contributed by atoms with Crippen LogP contribution in [0.5, 0.6) is 0 Å². The smallest absolute Gasteiger partial charge is 0.0450 e. The van der Waals surface area contributed by atoms with Crippen LogP contribution in [-0.2, 0) is 6.54 Å². The maximum Gasteiger partial charge on any atom is 0.0450 e. The van der Waals surface area contributed by atoms with E-state index in [0.717, 1.165) is 36.5 Å². The zero-order chi connectivity index (χ0) is 10.2. The summed E-state index contributed by atoms with van der Waals surface area (Å²) in [7, 11) is 0. The number of hydrogen-bond acceptors (Lipinski definition) is 1. The fourth-order valence-electron chi connectivity index (χ4n) is 1.18. The van der Waals surface area contributed by atoms with Gasteiger partial charge in [0.2, 0.25) is 0 Å². The van der Waals surface area contributed by atoms with Crippen LogP contribution in [0.1, 0.15) is 18.4 Å². The molecule has 0 bridgehead atoms. The van der Waals surface area contributed by atoms with Crippen molar-refractivity contribution in [3.63, 3.8) is 0 Å². The molecule has 1 nitrogen and oxygen atoms in total. The van der Waals surface area contributed by atoms with Gasteiger partial charge in [0, 0.05) is 18.0 Å². The van der Waals surface area contributed by atoms with Crippen LogP contribution in [0.4, 0.5) is 0 Å². The molecule has 0 radical (unpaired) electrons. The monoisotopic (exact) mass is 207 g/mol. The van der Waals surface area contributed by atoms with E-state index < -0.39 is 0 Å². The molecule has 0 saturated carbocycles. The van der Waals surface area contributed by atoms with E-state index in [-0.39, 0.29) is 0 Å². The quantitative estimate of drug-likeness (QED) is 0.579. The van der Waals surface area contributed by atoms with E-state index in [4.69, 9.17) is 18.0 Å². The van der Waals surface area contributed by atoms with Crippen LogP contribution in [0, 0.1) is 12.3 Å². The molecule has 0 atom stereocenters. The minimum absolute atomic E-state index is 0.810. The highest BCUT2D eigenvalue weighted by atomic mass is 35.5. The number of terminal acetylenes is 1. The molecule has 1 aromatic rings. The predicted octanol–water partition coefficient (Wildman–Crippen LogP) is 2.84. The molecule has 1 rings (SSSR count). The Morgan fingerprint density at radius 1 is 1.36 bits per heavy atom. The summed E-state index contributed by atoms with van der Waals surface area (Å²) in [6.45, 7) is 1.75. The number of halogens is 1. The van der Waals surface area contributed by atoms with E-state index in [9.17, 15) is 0 Å². The van der Waals surface area contributed by atoms with Gasteiger partial charge in [-0.3, -0.25) is 0 Å². The number of benzene rings is 1. The number of nitrogens with one attached hydrogen (secondary N) is 1. The first-order valence-electron chi connectivity index (χ1n) is 4.72. The van der Waals surface area contributed by atoms with Crippen LogP contribution in [-0.4, -0.2) is 6.54 Å². The lowest BCUT2D eigenvalue weighted by molar-refractivity contribution is 0.659. The third kappa shape index (κ3) is 3.83. The molecular weight excluding hydrogens is 194 g/mol. The van der Waals surface area contributed by atoms with E-state index >= 15 is 0 Å². The molecule has 0 aliphatic carbocycles. The Morgan fingerprint density at radius 2 is 2.14 bits per heavy atom. The molecule has 74 valence electrons. The summed E-state index contributed by atoms with van der Waals surface area (Å²) in [5.74, 6) is 2.61. The van der Waals surface area contributed by atoms with Crippen molar-refractivity contribution < 1.29 is 0 Å². The summed E-state index contributed by atoms with van der Waals surface area (Å²) in [6.07, 6.45) is 6.99. The first-order valence-corrected chi connectivity index (χ1v) is 5.10. The van der Waals surface area contributed by atoms with Crippen molar-refractivity contribution in [1.82, 2.24) is 5.32 Å². The summed E-state index contributed by atoms with van der Waals surface area (Å²) in [5.41, 5.74) is 1.13. The Kier molecular flexibility index (Phi) is 5.14. The molecule has 0 aliphatic heterocycles. The maximum absolute atomic E-state index is 5.99. The highest BCUT2D eigenvalue weighted by Crippen LogP contribution is 2.14. The molecule has 1 N–H and O–H groups in total. The zero-order valence-electron chi connectivity index (χ0n) is 8.09. The molecule has 0 aliphatic rings. The van der Waals surface area contributed by atoms with Crippen molar-refractivity contribution in [2.45, 2.75) is 19.4 Å². The topological polar surface area (TPSA) is 12.0 Å². The Labute approximate surface area is 90.5 Å². The summed E-state index contributed by atoms with van der Waals surface area (Å²) >= 11 is 5.99. The minimum Gasteiger partial charge on any atom is -0.313 e. The Morgan fingerprint density at radius 3 is 2.86 bits per heavy atom. The Balaban J connectivity index is 2.25. The summed E-state index contributed by atoms with van der Waals surface area (Å²) in [4.78, 5) is 0. The van der Waals surface area contributed by atoms with Gasteiger partial charge in [0.15, 0.2) is 0 Å². The molecule has 0 saturated heterocycles. The van der Waals surface area contributed by atoms with E-state index in [1.54, 1.807) is 0 Å². The van der Waals surface area contributed by atoms with Crippen molar-refractivity contribution >= 4 is 11.6 Å². The fourth-order valence-corrected chi connectivity index (χ4v) is 1.38. The molecule has 0 heterocycles. The second-order valence-electron chi connectivity index (χ2n) is 3.08. The van der Waals surface area contributed by atoms with Crippen LogP contribution in [0.3, 0.4) is 0 Å². The van der Waals surface area contributed by atoms with Gasteiger partial charge in [-0.25, -0.2) is 0 Å². The van der Waals surface area contributed by atoms with Crippen LogP contribution in [0.15, 0.2) is 24.3 Å². The van der Waals surface area contributed by atoms with Gasteiger partial charge in [0.05, 0.1) is 0 Å². The van der Waals surface area contributed by atoms with E-state index in [2.05, 4.69) is 11.2 Å². The lowest BCUT2D eigenvalue weighted by Crippen LogP contribution is -2.14. The lowest BCUT2D eigenvalue weighted by Gasteiger charge is -2.05. The fraction of sp³-hybridized carbons (Fsp3) is 0.333. The highest BCUT2D eigenvalue weighted by molar-refractivity contribution is 6.31. The van der Waals surface area contributed by atoms with Crippen molar-refractivity contribution in [2.24, 2.45) is 0 Å². The van der Waals surface area contributed by atoms with Crippen LogP contribution in [0.25, 0.3) is 0 Å². The predicted molar refractivity (Wildman–Crippen MR) is 61.2 cm³/mol. The molecule has 0 spiro atoms. The van der Waals surface area contributed by atoms with Crippen LogP contribution in [0.2, 0.25) is 5.02 Å². The Bertz CT molecular complexity index is 314. The third-order valence-electron chi connectivity index (χ3n) is 1.95. The summed E-state index contributed by atoms with van der Waals surface area (Å²) in [6, 6.07) is 7.85. The van der Waals surface area contributed by atoms with Gasteiger partial charge in [-0.15, -0.1) is 12.3 Å². The second kappa shape index (κ2) is 6.48. The standard InChI is InChI=1S/C12H14ClN/c1-2-3-6-9-14-10-11-7-4-5-8-12(11)13/h1,4-5,7-8,14H,3,6,9-10H2. The highest BCUT2D eigenvalue weighted by Gasteiger charge is 1.96. The van der Waals surface area contributed by atoms with E-state index in [1.165, 1.54) is 0 Å². The average Bonchev–Trinajstić information content (AvgIpc) is 2.20. The van der Waals surface area contributed by atoms with Crippen LogP contribution < -0.4 is 5.32 Å². The van der Waals surface area contributed by atoms with E-state index in [1.807, 2.05) is 24.3 Å². The number of rotatable bonds is 5. The van der Waals surface area contributed by atoms with Gasteiger partial charge in [-0.1, -0.05) is 29.8 Å². The van der Waals surface area contributed by atoms with Gasteiger partial charge >= 0.3 is 0 Å². The van der Waals surface area contributed by atoms with Crippen molar-refractivity contribution in [3.8, 4) is 12.3 Å². The van der Waals surface area contributed by atoms with Crippen molar-refractivity contribution in [1.29, 1.82) is 0 Å². The van der Waals surface area contributed by atoms with E-state index in [0.29, 0.717) is 0 Å². The first kappa shape index (κ1) is 11.1.